The van der Waals surface area contributed by atoms with Crippen LogP contribution in [-0.2, 0) is 4.79 Å². The second-order valence-corrected chi connectivity index (χ2v) is 5.18. The molecule has 1 rings (SSSR count). The highest BCUT2D eigenvalue weighted by Gasteiger charge is 2.33. The third-order valence-corrected chi connectivity index (χ3v) is 3.50. The van der Waals surface area contributed by atoms with E-state index >= 15 is 0 Å². The van der Waals surface area contributed by atoms with E-state index in [0.29, 0.717) is 12.0 Å². The summed E-state index contributed by atoms with van der Waals surface area (Å²) >= 11 is 0. The molecule has 1 fully saturated rings. The Hall–Kier alpha value is -0.610. The lowest BCUT2D eigenvalue weighted by atomic mass is 10.0. The smallest absolute Gasteiger partial charge is 0.240 e. The van der Waals surface area contributed by atoms with E-state index in [1.807, 2.05) is 14.1 Å². The molecule has 0 aromatic rings. The lowest BCUT2D eigenvalue weighted by Crippen LogP contribution is -2.60. The molecule has 94 valence electrons. The Morgan fingerprint density at radius 3 is 2.50 bits per heavy atom. The van der Waals surface area contributed by atoms with E-state index in [0.717, 1.165) is 19.6 Å². The summed E-state index contributed by atoms with van der Waals surface area (Å²) in [4.78, 5) is 16.1. The number of piperazine rings is 1. The van der Waals surface area contributed by atoms with E-state index in [2.05, 4.69) is 31.0 Å². The Balaban J connectivity index is 2.74. The molecule has 4 nitrogen and oxygen atoms in total. The molecule has 1 amide bonds. The van der Waals surface area contributed by atoms with Crippen LogP contribution in [0.15, 0.2) is 0 Å². The fourth-order valence-corrected chi connectivity index (χ4v) is 2.12. The highest BCUT2D eigenvalue weighted by molar-refractivity contribution is 5.81. The molecule has 0 spiro atoms. The van der Waals surface area contributed by atoms with E-state index in [9.17, 15) is 4.79 Å². The first kappa shape index (κ1) is 13.5. The van der Waals surface area contributed by atoms with Gasteiger partial charge in [-0.15, -0.1) is 0 Å². The molecule has 2 unspecified atom stereocenters. The van der Waals surface area contributed by atoms with Crippen molar-refractivity contribution in [2.24, 2.45) is 5.92 Å². The molecule has 16 heavy (non-hydrogen) atoms. The third-order valence-electron chi connectivity index (χ3n) is 3.50. The van der Waals surface area contributed by atoms with Gasteiger partial charge in [-0.05, 0) is 12.8 Å². The van der Waals surface area contributed by atoms with Gasteiger partial charge in [0, 0.05) is 39.8 Å². The Morgan fingerprint density at radius 2 is 2.00 bits per heavy atom. The molecule has 0 bridgehead atoms. The Kier molecular flexibility index (Phi) is 4.74. The maximum Gasteiger partial charge on any atom is 0.240 e. The normalized spacial score (nSPS) is 24.5. The van der Waals surface area contributed by atoms with Crippen molar-refractivity contribution >= 4 is 5.91 Å². The van der Waals surface area contributed by atoms with E-state index in [1.165, 1.54) is 0 Å². The number of nitrogens with one attached hydrogen (secondary N) is 1. The predicted molar refractivity (Wildman–Crippen MR) is 66.4 cm³/mol. The standard InChI is InChI=1S/C12H25N3O/c1-9(2)10(3)15-7-6-13-8-11(15)12(16)14(4)5/h9-11,13H,6-8H2,1-5H3. The molecule has 0 aromatic carbocycles. The molecule has 1 saturated heterocycles. The van der Waals surface area contributed by atoms with Crippen molar-refractivity contribution in [3.05, 3.63) is 0 Å². The minimum Gasteiger partial charge on any atom is -0.347 e. The Bertz CT molecular complexity index is 240. The van der Waals surface area contributed by atoms with Crippen molar-refractivity contribution in [3.8, 4) is 0 Å². The van der Waals surface area contributed by atoms with Crippen molar-refractivity contribution < 1.29 is 4.79 Å². The average molecular weight is 227 g/mol. The van der Waals surface area contributed by atoms with Crippen molar-refractivity contribution in [1.82, 2.24) is 15.1 Å². The van der Waals surface area contributed by atoms with Gasteiger partial charge in [0.05, 0.1) is 0 Å². The molecule has 0 aliphatic carbocycles. The molecule has 1 heterocycles. The van der Waals surface area contributed by atoms with Gasteiger partial charge in [0.15, 0.2) is 0 Å². The summed E-state index contributed by atoms with van der Waals surface area (Å²) in [6.45, 7) is 9.35. The van der Waals surface area contributed by atoms with E-state index in [1.54, 1.807) is 4.90 Å². The highest BCUT2D eigenvalue weighted by Crippen LogP contribution is 2.16. The second kappa shape index (κ2) is 5.64. The zero-order valence-electron chi connectivity index (χ0n) is 11.2. The van der Waals surface area contributed by atoms with Crippen molar-refractivity contribution in [1.29, 1.82) is 0 Å². The van der Waals surface area contributed by atoms with Gasteiger partial charge in [0.25, 0.3) is 0 Å². The van der Waals surface area contributed by atoms with Crippen molar-refractivity contribution in [2.75, 3.05) is 33.7 Å². The summed E-state index contributed by atoms with van der Waals surface area (Å²) in [5.74, 6) is 0.787. The molecule has 4 heteroatoms. The molecular formula is C12H25N3O. The van der Waals surface area contributed by atoms with Crippen LogP contribution in [0.3, 0.4) is 0 Å². The lowest BCUT2D eigenvalue weighted by molar-refractivity contribution is -0.136. The van der Waals surface area contributed by atoms with Gasteiger partial charge in [-0.25, -0.2) is 0 Å². The number of nitrogens with zero attached hydrogens (tertiary/aromatic N) is 2. The Labute approximate surface area is 99.0 Å². The minimum absolute atomic E-state index is 0.00106. The van der Waals surface area contributed by atoms with Gasteiger partial charge in [-0.2, -0.15) is 0 Å². The number of hydrogen-bond donors (Lipinski definition) is 1. The summed E-state index contributed by atoms with van der Waals surface area (Å²) < 4.78 is 0. The number of amides is 1. The number of carbonyl (C=O) groups excluding carboxylic acids is 1. The first-order valence-corrected chi connectivity index (χ1v) is 6.12. The third kappa shape index (κ3) is 2.95. The fraction of sp³-hybridized carbons (Fsp3) is 0.917. The zero-order chi connectivity index (χ0) is 12.3. The summed E-state index contributed by atoms with van der Waals surface area (Å²) in [6.07, 6.45) is 0. The summed E-state index contributed by atoms with van der Waals surface area (Å²) in [5.41, 5.74) is 0. The monoisotopic (exact) mass is 227 g/mol. The maximum atomic E-state index is 12.1. The van der Waals surface area contributed by atoms with Crippen LogP contribution in [0, 0.1) is 5.92 Å². The van der Waals surface area contributed by atoms with E-state index in [-0.39, 0.29) is 11.9 Å². The van der Waals surface area contributed by atoms with Gasteiger partial charge < -0.3 is 10.2 Å². The number of carbonyl (C=O) groups is 1. The molecule has 2 atom stereocenters. The molecule has 1 N–H and O–H groups in total. The van der Waals surface area contributed by atoms with Crippen molar-refractivity contribution in [3.63, 3.8) is 0 Å². The minimum atomic E-state index is 0.00106. The predicted octanol–water partition coefficient (Wildman–Crippen LogP) is 0.393. The number of likely N-dealkylation sites (N-methyl/N-ethyl adjacent to an activating group) is 1. The first-order valence-electron chi connectivity index (χ1n) is 6.12. The summed E-state index contributed by atoms with van der Waals surface area (Å²) in [6, 6.07) is 0.456. The quantitative estimate of drug-likeness (QED) is 0.758. The van der Waals surface area contributed by atoms with E-state index < -0.39 is 0 Å². The SMILES string of the molecule is CC(C)C(C)N1CCNCC1C(=O)N(C)C. The molecule has 1 aliphatic rings. The lowest BCUT2D eigenvalue weighted by Gasteiger charge is -2.41. The second-order valence-electron chi connectivity index (χ2n) is 5.18. The average Bonchev–Trinajstić information content (AvgIpc) is 2.26. The molecule has 0 radical (unpaired) electrons. The molecular weight excluding hydrogens is 202 g/mol. The largest absolute Gasteiger partial charge is 0.347 e. The van der Waals surface area contributed by atoms with Crippen LogP contribution >= 0.6 is 0 Å². The van der Waals surface area contributed by atoms with Crippen LogP contribution in [0.2, 0.25) is 0 Å². The topological polar surface area (TPSA) is 35.6 Å². The van der Waals surface area contributed by atoms with Crippen LogP contribution in [0.5, 0.6) is 0 Å². The highest BCUT2D eigenvalue weighted by atomic mass is 16.2. The fourth-order valence-electron chi connectivity index (χ4n) is 2.12. The summed E-state index contributed by atoms with van der Waals surface area (Å²) in [7, 11) is 3.66. The Morgan fingerprint density at radius 1 is 1.38 bits per heavy atom. The number of rotatable bonds is 3. The molecule has 0 saturated carbocycles. The van der Waals surface area contributed by atoms with Gasteiger partial charge in [-0.1, -0.05) is 13.8 Å². The van der Waals surface area contributed by atoms with Crippen LogP contribution < -0.4 is 5.32 Å². The molecule has 0 aromatic heterocycles. The van der Waals surface area contributed by atoms with Crippen molar-refractivity contribution in [2.45, 2.75) is 32.9 Å². The van der Waals surface area contributed by atoms with E-state index in [4.69, 9.17) is 0 Å². The van der Waals surface area contributed by atoms with Crippen LogP contribution in [0.4, 0.5) is 0 Å². The maximum absolute atomic E-state index is 12.1. The van der Waals surface area contributed by atoms with Gasteiger partial charge in [0.1, 0.15) is 6.04 Å². The first-order chi connectivity index (χ1) is 7.45. The van der Waals surface area contributed by atoms with Crippen LogP contribution in [-0.4, -0.2) is 61.5 Å². The van der Waals surface area contributed by atoms with Crippen LogP contribution in [0.1, 0.15) is 20.8 Å². The van der Waals surface area contributed by atoms with Gasteiger partial charge in [-0.3, -0.25) is 9.69 Å². The van der Waals surface area contributed by atoms with Crippen LogP contribution in [0.25, 0.3) is 0 Å². The molecule has 1 aliphatic heterocycles. The zero-order valence-corrected chi connectivity index (χ0v) is 11.2. The number of hydrogen-bond acceptors (Lipinski definition) is 3. The van der Waals surface area contributed by atoms with Gasteiger partial charge >= 0.3 is 0 Å². The van der Waals surface area contributed by atoms with Gasteiger partial charge in [0.2, 0.25) is 5.91 Å². The summed E-state index contributed by atoms with van der Waals surface area (Å²) in [5, 5.41) is 3.31.